The van der Waals surface area contributed by atoms with Crippen LogP contribution in [0.2, 0.25) is 0 Å². The number of halogens is 1. The molecule has 0 unspecified atom stereocenters. The van der Waals surface area contributed by atoms with E-state index >= 15 is 0 Å². The second-order valence-corrected chi connectivity index (χ2v) is 5.95. The summed E-state index contributed by atoms with van der Waals surface area (Å²) in [5, 5.41) is 3.44. The maximum Gasteiger partial charge on any atom is 0.231 e. The lowest BCUT2D eigenvalue weighted by atomic mass is 10.2. The highest BCUT2D eigenvalue weighted by atomic mass is 127. The van der Waals surface area contributed by atoms with Crippen molar-refractivity contribution >= 4 is 29.9 Å². The molecule has 2 rings (SSSR count). The number of guanidine groups is 1. The molecule has 1 aliphatic rings. The maximum absolute atomic E-state index is 5.44. The lowest BCUT2D eigenvalue weighted by molar-refractivity contribution is 0.174. The van der Waals surface area contributed by atoms with Crippen molar-refractivity contribution in [3.8, 4) is 11.5 Å². The van der Waals surface area contributed by atoms with Crippen LogP contribution in [0.4, 0.5) is 0 Å². The average Bonchev–Trinajstić information content (AvgIpc) is 3.05. The van der Waals surface area contributed by atoms with E-state index in [0.29, 0.717) is 6.79 Å². The fraction of sp³-hybridized carbons (Fsp3) is 0.611. The molecule has 1 N–H and O–H groups in total. The van der Waals surface area contributed by atoms with E-state index in [-0.39, 0.29) is 24.0 Å². The molecule has 0 fully saturated rings. The number of nitrogens with one attached hydrogen (secondary N) is 1. The number of benzene rings is 1. The Kier molecular flexibility index (Phi) is 9.96. The predicted octanol–water partition coefficient (Wildman–Crippen LogP) is 2.77. The SMILES string of the molecule is CCCN(CC)CCNC(=NC)N(C)Cc1ccc2c(c1)OCO2.I. The van der Waals surface area contributed by atoms with Crippen LogP contribution in [0.25, 0.3) is 0 Å². The summed E-state index contributed by atoms with van der Waals surface area (Å²) in [5.74, 6) is 2.54. The molecule has 0 radical (unpaired) electrons. The van der Waals surface area contributed by atoms with E-state index < -0.39 is 0 Å². The van der Waals surface area contributed by atoms with Crippen LogP contribution in [-0.4, -0.2) is 62.8 Å². The van der Waals surface area contributed by atoms with Crippen molar-refractivity contribution in [1.82, 2.24) is 15.1 Å². The number of rotatable bonds is 8. The van der Waals surface area contributed by atoms with Crippen LogP contribution >= 0.6 is 24.0 Å². The third-order valence-corrected chi connectivity index (χ3v) is 4.13. The van der Waals surface area contributed by atoms with Gasteiger partial charge in [-0.3, -0.25) is 4.99 Å². The van der Waals surface area contributed by atoms with Crippen LogP contribution in [0.1, 0.15) is 25.8 Å². The summed E-state index contributed by atoms with van der Waals surface area (Å²) >= 11 is 0. The summed E-state index contributed by atoms with van der Waals surface area (Å²) < 4.78 is 10.8. The molecule has 142 valence electrons. The van der Waals surface area contributed by atoms with Crippen molar-refractivity contribution in [2.75, 3.05) is 47.1 Å². The lowest BCUT2D eigenvalue weighted by Crippen LogP contribution is -2.42. The van der Waals surface area contributed by atoms with Gasteiger partial charge in [-0.2, -0.15) is 0 Å². The van der Waals surface area contributed by atoms with Crippen LogP contribution in [0.5, 0.6) is 11.5 Å². The molecule has 1 heterocycles. The Labute approximate surface area is 168 Å². The minimum absolute atomic E-state index is 0. The third kappa shape index (κ3) is 6.54. The van der Waals surface area contributed by atoms with Gasteiger partial charge in [0.25, 0.3) is 0 Å². The molecule has 0 bridgehead atoms. The fourth-order valence-electron chi connectivity index (χ4n) is 2.84. The Bertz CT molecular complexity index is 554. The highest BCUT2D eigenvalue weighted by Crippen LogP contribution is 2.32. The molecule has 1 aromatic rings. The Morgan fingerprint density at radius 3 is 2.64 bits per heavy atom. The van der Waals surface area contributed by atoms with Gasteiger partial charge in [0.05, 0.1) is 0 Å². The molecule has 0 saturated carbocycles. The molecule has 0 atom stereocenters. The second-order valence-electron chi connectivity index (χ2n) is 5.95. The molecular weight excluding hydrogens is 431 g/mol. The largest absolute Gasteiger partial charge is 0.454 e. The van der Waals surface area contributed by atoms with Crippen molar-refractivity contribution in [3.63, 3.8) is 0 Å². The van der Waals surface area contributed by atoms with Crippen LogP contribution in [0.15, 0.2) is 23.2 Å². The van der Waals surface area contributed by atoms with Gasteiger partial charge in [-0.15, -0.1) is 24.0 Å². The van der Waals surface area contributed by atoms with Gasteiger partial charge in [-0.25, -0.2) is 0 Å². The van der Waals surface area contributed by atoms with Crippen molar-refractivity contribution < 1.29 is 9.47 Å². The van der Waals surface area contributed by atoms with Gasteiger partial charge in [0.15, 0.2) is 17.5 Å². The number of fused-ring (bicyclic) bond motifs is 1. The summed E-state index contributed by atoms with van der Waals surface area (Å²) in [7, 11) is 3.87. The quantitative estimate of drug-likeness (QED) is 0.366. The maximum atomic E-state index is 5.44. The van der Waals surface area contributed by atoms with E-state index in [1.54, 1.807) is 0 Å². The summed E-state index contributed by atoms with van der Waals surface area (Å²) in [6, 6.07) is 6.06. The van der Waals surface area contributed by atoms with Gasteiger partial charge >= 0.3 is 0 Å². The molecule has 1 aliphatic heterocycles. The van der Waals surface area contributed by atoms with Crippen LogP contribution in [0, 0.1) is 0 Å². The van der Waals surface area contributed by atoms with Gasteiger partial charge in [-0.05, 0) is 37.2 Å². The van der Waals surface area contributed by atoms with Gasteiger partial charge in [0.2, 0.25) is 6.79 Å². The first kappa shape index (κ1) is 21.8. The molecule has 25 heavy (non-hydrogen) atoms. The first-order valence-electron chi connectivity index (χ1n) is 8.70. The van der Waals surface area contributed by atoms with E-state index in [2.05, 4.69) is 40.0 Å². The van der Waals surface area contributed by atoms with Gasteiger partial charge in [0.1, 0.15) is 0 Å². The summed E-state index contributed by atoms with van der Waals surface area (Å²) in [6.07, 6.45) is 1.19. The number of hydrogen-bond acceptors (Lipinski definition) is 4. The van der Waals surface area contributed by atoms with Crippen molar-refractivity contribution in [3.05, 3.63) is 23.8 Å². The fourth-order valence-corrected chi connectivity index (χ4v) is 2.84. The minimum atomic E-state index is 0. The van der Waals surface area contributed by atoms with E-state index in [0.717, 1.165) is 50.2 Å². The Hall–Kier alpha value is -1.22. The lowest BCUT2D eigenvalue weighted by Gasteiger charge is -2.24. The predicted molar refractivity (Wildman–Crippen MR) is 113 cm³/mol. The number of aliphatic imine (C=N–C) groups is 1. The van der Waals surface area contributed by atoms with Crippen molar-refractivity contribution in [2.45, 2.75) is 26.8 Å². The zero-order valence-electron chi connectivity index (χ0n) is 15.7. The highest BCUT2D eigenvalue weighted by Gasteiger charge is 2.14. The van der Waals surface area contributed by atoms with E-state index in [1.807, 2.05) is 26.2 Å². The molecule has 0 aromatic heterocycles. The standard InChI is InChI=1S/C18H30N4O2.HI/c1-5-10-22(6-2)11-9-20-18(19-3)21(4)13-15-7-8-16-17(12-15)24-14-23-16;/h7-8,12H,5-6,9-11,13-14H2,1-4H3,(H,19,20);1H. The molecule has 0 spiro atoms. The molecule has 6 nitrogen and oxygen atoms in total. The van der Waals surface area contributed by atoms with Gasteiger partial charge in [-0.1, -0.05) is 19.9 Å². The Balaban J connectivity index is 0.00000312. The number of ether oxygens (including phenoxy) is 2. The average molecular weight is 462 g/mol. The smallest absolute Gasteiger partial charge is 0.231 e. The first-order chi connectivity index (χ1) is 11.7. The van der Waals surface area contributed by atoms with Crippen molar-refractivity contribution in [1.29, 1.82) is 0 Å². The van der Waals surface area contributed by atoms with E-state index in [4.69, 9.17) is 9.47 Å². The zero-order valence-corrected chi connectivity index (χ0v) is 18.1. The third-order valence-electron chi connectivity index (χ3n) is 4.13. The molecule has 0 saturated heterocycles. The Morgan fingerprint density at radius 2 is 1.96 bits per heavy atom. The molecule has 1 aromatic carbocycles. The molecule has 7 heteroatoms. The van der Waals surface area contributed by atoms with Crippen LogP contribution in [-0.2, 0) is 6.54 Å². The highest BCUT2D eigenvalue weighted by molar-refractivity contribution is 14.0. The minimum Gasteiger partial charge on any atom is -0.454 e. The van der Waals surface area contributed by atoms with Crippen molar-refractivity contribution in [2.24, 2.45) is 4.99 Å². The molecule has 0 amide bonds. The molecule has 0 aliphatic carbocycles. The zero-order chi connectivity index (χ0) is 17.4. The van der Waals surface area contributed by atoms with E-state index in [1.165, 1.54) is 12.0 Å². The monoisotopic (exact) mass is 462 g/mol. The number of likely N-dealkylation sites (N-methyl/N-ethyl adjacent to an activating group) is 1. The van der Waals surface area contributed by atoms with Crippen LogP contribution in [0.3, 0.4) is 0 Å². The van der Waals surface area contributed by atoms with Gasteiger partial charge in [0, 0.05) is 33.7 Å². The number of hydrogen-bond donors (Lipinski definition) is 1. The first-order valence-corrected chi connectivity index (χ1v) is 8.70. The van der Waals surface area contributed by atoms with Gasteiger partial charge < -0.3 is 24.6 Å². The summed E-state index contributed by atoms with van der Waals surface area (Å²) in [6.45, 7) is 9.65. The second kappa shape index (κ2) is 11.4. The topological polar surface area (TPSA) is 49.3 Å². The summed E-state index contributed by atoms with van der Waals surface area (Å²) in [4.78, 5) is 8.94. The summed E-state index contributed by atoms with van der Waals surface area (Å²) in [5.41, 5.74) is 1.17. The number of nitrogens with zero attached hydrogens (tertiary/aromatic N) is 3. The van der Waals surface area contributed by atoms with Crippen LogP contribution < -0.4 is 14.8 Å². The molecular formula is C18H31IN4O2. The normalized spacial score (nSPS) is 12.9. The Morgan fingerprint density at radius 1 is 1.20 bits per heavy atom. The van der Waals surface area contributed by atoms with E-state index in [9.17, 15) is 0 Å².